The van der Waals surface area contributed by atoms with Gasteiger partial charge in [0.2, 0.25) is 0 Å². The van der Waals surface area contributed by atoms with Gasteiger partial charge in [-0.25, -0.2) is 9.59 Å². The highest BCUT2D eigenvalue weighted by Crippen LogP contribution is 2.34. The van der Waals surface area contributed by atoms with Crippen molar-refractivity contribution in [1.82, 2.24) is 5.32 Å². The summed E-state index contributed by atoms with van der Waals surface area (Å²) < 4.78 is 11.2. The molecule has 0 bridgehead atoms. The summed E-state index contributed by atoms with van der Waals surface area (Å²) in [6.07, 6.45) is -0.805. The molecule has 7 nitrogen and oxygen atoms in total. The lowest BCUT2D eigenvalue weighted by atomic mass is 10.00. The highest BCUT2D eigenvalue weighted by molar-refractivity contribution is 5.81. The van der Waals surface area contributed by atoms with Crippen molar-refractivity contribution >= 4 is 12.1 Å². The van der Waals surface area contributed by atoms with E-state index < -0.39 is 23.7 Å². The summed E-state index contributed by atoms with van der Waals surface area (Å²) in [6, 6.07) is 5.54. The third-order valence-electron chi connectivity index (χ3n) is 4.41. The molecular weight excluding hydrogens is 482 g/mol. The van der Waals surface area contributed by atoms with Crippen LogP contribution in [0.4, 0.5) is 4.79 Å². The van der Waals surface area contributed by atoms with Gasteiger partial charge in [0, 0.05) is 0 Å². The number of benzene rings is 2. The predicted octanol–water partition coefficient (Wildman–Crippen LogP) is 9.17. The van der Waals surface area contributed by atoms with Gasteiger partial charge in [0.05, 0.1) is 0 Å². The monoisotopic (exact) mass is 535 g/mol. The van der Waals surface area contributed by atoms with E-state index in [0.29, 0.717) is 39.3 Å². The van der Waals surface area contributed by atoms with Crippen LogP contribution in [0.15, 0.2) is 24.3 Å². The van der Waals surface area contributed by atoms with Crippen LogP contribution in [0.5, 0.6) is 17.2 Å². The van der Waals surface area contributed by atoms with Gasteiger partial charge in [0.25, 0.3) is 0 Å². The molecule has 1 unspecified atom stereocenters. The lowest BCUT2D eigenvalue weighted by Gasteiger charge is -2.23. The molecular formula is C31H53NO6. The molecule has 0 aliphatic rings. The Hall–Kier alpha value is -3.22. The summed E-state index contributed by atoms with van der Waals surface area (Å²) in [4.78, 5) is 23.9. The molecule has 1 atom stereocenters. The highest BCUT2D eigenvalue weighted by Gasteiger charge is 2.26. The van der Waals surface area contributed by atoms with Gasteiger partial charge in [-0.05, 0) is 101 Å². The number of carboxylic acids is 1. The molecule has 0 spiro atoms. The Morgan fingerprint density at radius 2 is 1.16 bits per heavy atom. The van der Waals surface area contributed by atoms with Crippen molar-refractivity contribution < 1.29 is 29.3 Å². The maximum absolute atomic E-state index is 12.1. The van der Waals surface area contributed by atoms with Crippen LogP contribution in [0.1, 0.15) is 110 Å². The molecule has 7 heteroatoms. The van der Waals surface area contributed by atoms with Crippen LogP contribution in [-0.4, -0.2) is 27.9 Å². The van der Waals surface area contributed by atoms with Gasteiger partial charge >= 0.3 is 12.1 Å². The van der Waals surface area contributed by atoms with Crippen LogP contribution in [0.25, 0.3) is 0 Å². The number of aliphatic carboxylic acids is 1. The van der Waals surface area contributed by atoms with Gasteiger partial charge in [-0.1, -0.05) is 55.4 Å². The molecule has 0 saturated heterocycles. The molecule has 2 aromatic carbocycles. The zero-order valence-electron chi connectivity index (χ0n) is 26.4. The summed E-state index contributed by atoms with van der Waals surface area (Å²) in [5, 5.41) is 22.0. The van der Waals surface area contributed by atoms with Gasteiger partial charge in [0.1, 0.15) is 22.8 Å². The van der Waals surface area contributed by atoms with Crippen LogP contribution in [0, 0.1) is 27.7 Å². The van der Waals surface area contributed by atoms with Crippen molar-refractivity contribution in [3.8, 4) is 17.2 Å². The Kier molecular flexibility index (Phi) is 20.5. The number of ether oxygens (including phenoxy) is 2. The SMILES string of the molecule is CC.CC.CC.CC.Cc1cc(Oc2c(C)cc(C(NC(=O)OC(C)(C)C)C(=O)O)cc2C)cc(C)c1O. The van der Waals surface area contributed by atoms with Crippen molar-refractivity contribution in [2.24, 2.45) is 0 Å². The van der Waals surface area contributed by atoms with Crippen molar-refractivity contribution in [2.45, 2.75) is 115 Å². The van der Waals surface area contributed by atoms with Crippen molar-refractivity contribution in [2.75, 3.05) is 0 Å². The molecule has 1 amide bonds. The molecule has 2 rings (SSSR count). The lowest BCUT2D eigenvalue weighted by Crippen LogP contribution is -2.38. The van der Waals surface area contributed by atoms with Gasteiger partial charge in [-0.2, -0.15) is 0 Å². The van der Waals surface area contributed by atoms with E-state index in [1.165, 1.54) is 0 Å². The van der Waals surface area contributed by atoms with Crippen molar-refractivity contribution in [1.29, 1.82) is 0 Å². The molecule has 0 saturated carbocycles. The quantitative estimate of drug-likeness (QED) is 0.352. The number of phenols is 1. The van der Waals surface area contributed by atoms with Gasteiger partial charge in [-0.3, -0.25) is 0 Å². The number of nitrogens with one attached hydrogen (secondary N) is 1. The second-order valence-corrected chi connectivity index (χ2v) is 8.41. The van der Waals surface area contributed by atoms with Gasteiger partial charge in [0.15, 0.2) is 6.04 Å². The third-order valence-corrected chi connectivity index (χ3v) is 4.41. The van der Waals surface area contributed by atoms with E-state index in [1.54, 1.807) is 72.7 Å². The third kappa shape index (κ3) is 13.4. The minimum absolute atomic E-state index is 0.226. The van der Waals surface area contributed by atoms with E-state index in [2.05, 4.69) is 5.32 Å². The number of aromatic hydroxyl groups is 1. The number of carbonyl (C=O) groups excluding carboxylic acids is 1. The molecule has 38 heavy (non-hydrogen) atoms. The first-order valence-corrected chi connectivity index (χ1v) is 13.6. The largest absolute Gasteiger partial charge is 0.507 e. The van der Waals surface area contributed by atoms with E-state index >= 15 is 0 Å². The van der Waals surface area contributed by atoms with E-state index in [4.69, 9.17) is 9.47 Å². The molecule has 0 heterocycles. The minimum atomic E-state index is -1.26. The fourth-order valence-corrected chi connectivity index (χ4v) is 3.12. The number of aryl methyl sites for hydroxylation is 4. The van der Waals surface area contributed by atoms with Crippen LogP contribution in [-0.2, 0) is 9.53 Å². The normalized spacial score (nSPS) is 10.3. The van der Waals surface area contributed by atoms with E-state index in [9.17, 15) is 19.8 Å². The minimum Gasteiger partial charge on any atom is -0.507 e. The van der Waals surface area contributed by atoms with Crippen LogP contribution < -0.4 is 10.1 Å². The Morgan fingerprint density at radius 1 is 0.763 bits per heavy atom. The summed E-state index contributed by atoms with van der Waals surface area (Å²) in [5.41, 5.74) is 2.50. The first-order valence-electron chi connectivity index (χ1n) is 13.6. The first-order chi connectivity index (χ1) is 17.8. The average molecular weight is 536 g/mol. The molecule has 0 radical (unpaired) electrons. The number of hydrogen-bond donors (Lipinski definition) is 3. The van der Waals surface area contributed by atoms with E-state index in [0.717, 1.165) is 0 Å². The molecule has 0 aliphatic heterocycles. The van der Waals surface area contributed by atoms with E-state index in [-0.39, 0.29) is 5.75 Å². The average Bonchev–Trinajstić information content (AvgIpc) is 2.86. The van der Waals surface area contributed by atoms with Crippen LogP contribution in [0.3, 0.4) is 0 Å². The number of amides is 1. The van der Waals surface area contributed by atoms with Crippen molar-refractivity contribution in [3.63, 3.8) is 0 Å². The number of hydrogen-bond acceptors (Lipinski definition) is 5. The second-order valence-electron chi connectivity index (χ2n) is 8.41. The Morgan fingerprint density at radius 3 is 1.50 bits per heavy atom. The summed E-state index contributed by atoms with van der Waals surface area (Å²) >= 11 is 0. The fraction of sp³-hybridized carbons (Fsp3) is 0.548. The second kappa shape index (κ2) is 19.8. The lowest BCUT2D eigenvalue weighted by molar-refractivity contribution is -0.139. The molecule has 0 aliphatic carbocycles. The highest BCUT2D eigenvalue weighted by atomic mass is 16.6. The number of rotatable bonds is 5. The number of carbonyl (C=O) groups is 2. The zero-order chi connectivity index (χ0) is 30.8. The standard InChI is InChI=1S/C23H29NO6.4C2H6/c1-12-10-17(11-13(2)19(12)25)29-20-14(3)8-16(9-15(20)4)18(21(26)27)24-22(28)30-23(5,6)7;4*1-2/h8-11,18,25H,1-7H3,(H,24,28)(H,26,27);4*1-2H3. The predicted molar refractivity (Wildman–Crippen MR) is 159 cm³/mol. The topological polar surface area (TPSA) is 105 Å². The molecule has 0 fully saturated rings. The van der Waals surface area contributed by atoms with Crippen LogP contribution >= 0.6 is 0 Å². The molecule has 2 aromatic rings. The smallest absolute Gasteiger partial charge is 0.408 e. The number of phenolic OH excluding ortho intramolecular Hbond substituents is 1. The Labute approximate surface area is 231 Å². The van der Waals surface area contributed by atoms with Gasteiger partial charge < -0.3 is 25.0 Å². The molecule has 3 N–H and O–H groups in total. The first kappa shape index (κ1) is 39.3. The maximum Gasteiger partial charge on any atom is 0.408 e. The fourth-order valence-electron chi connectivity index (χ4n) is 3.12. The van der Waals surface area contributed by atoms with Crippen molar-refractivity contribution in [3.05, 3.63) is 52.1 Å². The summed E-state index contributed by atoms with van der Waals surface area (Å²) in [5.74, 6) is 0.190. The van der Waals surface area contributed by atoms with E-state index in [1.807, 2.05) is 55.4 Å². The summed E-state index contributed by atoms with van der Waals surface area (Å²) in [6.45, 7) is 28.3. The van der Waals surface area contributed by atoms with Gasteiger partial charge in [-0.15, -0.1) is 0 Å². The Balaban J connectivity index is -0.00000140. The Bertz CT molecular complexity index is 931. The summed E-state index contributed by atoms with van der Waals surface area (Å²) in [7, 11) is 0. The zero-order valence-corrected chi connectivity index (χ0v) is 26.4. The number of alkyl carbamates (subject to hydrolysis) is 1. The molecule has 0 aromatic heterocycles. The van der Waals surface area contributed by atoms with Crippen LogP contribution in [0.2, 0.25) is 0 Å². The molecule has 218 valence electrons. The maximum atomic E-state index is 12.1. The number of carboxylic acid groups (broad SMARTS) is 1.